The van der Waals surface area contributed by atoms with E-state index in [-0.39, 0.29) is 5.76 Å². The lowest BCUT2D eigenvalue weighted by molar-refractivity contribution is 0.0914. The first-order valence-corrected chi connectivity index (χ1v) is 9.04. The van der Waals surface area contributed by atoms with Crippen LogP contribution in [0.15, 0.2) is 59.3 Å². The molecule has 0 aliphatic rings. The minimum absolute atomic E-state index is 0.165. The van der Waals surface area contributed by atoms with Gasteiger partial charge in [0.1, 0.15) is 17.7 Å². The molecule has 0 aliphatic carbocycles. The molecule has 1 N–H and O–H groups in total. The minimum Gasteiger partial charge on any atom is -0.449 e. The number of nitrogens with zero attached hydrogens (tertiary/aromatic N) is 2. The molecular weight excluding hydrogens is 381 g/mol. The highest BCUT2D eigenvalue weighted by atomic mass is 35.5. The van der Waals surface area contributed by atoms with Gasteiger partial charge in [0.25, 0.3) is 5.91 Å². The Bertz CT molecular complexity index is 1180. The standard InChI is InChI=1S/C21H17ClFN3O2/c1-12-15-7-4-8-16(22)19(15)28-18(12)21(27)25-17(20-24-9-10-26(20)2)13-5-3-6-14(23)11-13/h3-11,17H,1-2H3,(H,25,27). The number of benzene rings is 2. The van der Waals surface area contributed by atoms with Crippen molar-refractivity contribution < 1.29 is 13.6 Å². The number of aromatic nitrogens is 2. The summed E-state index contributed by atoms with van der Waals surface area (Å²) in [6, 6.07) is 10.8. The lowest BCUT2D eigenvalue weighted by Gasteiger charge is -2.19. The first kappa shape index (κ1) is 18.3. The fourth-order valence-corrected chi connectivity index (χ4v) is 3.47. The summed E-state index contributed by atoms with van der Waals surface area (Å²) in [6.45, 7) is 1.80. The maximum atomic E-state index is 13.8. The molecule has 0 saturated heterocycles. The zero-order chi connectivity index (χ0) is 19.8. The molecule has 142 valence electrons. The highest BCUT2D eigenvalue weighted by molar-refractivity contribution is 6.35. The van der Waals surface area contributed by atoms with Crippen molar-refractivity contribution in [3.63, 3.8) is 0 Å². The van der Waals surface area contributed by atoms with Gasteiger partial charge in [0, 0.05) is 30.4 Å². The van der Waals surface area contributed by atoms with Crippen molar-refractivity contribution in [1.82, 2.24) is 14.9 Å². The van der Waals surface area contributed by atoms with Gasteiger partial charge in [0.05, 0.1) is 5.02 Å². The summed E-state index contributed by atoms with van der Waals surface area (Å²) in [5, 5.41) is 4.13. The van der Waals surface area contributed by atoms with Crippen LogP contribution in [-0.4, -0.2) is 15.5 Å². The number of hydrogen-bond donors (Lipinski definition) is 1. The van der Waals surface area contributed by atoms with Gasteiger partial charge < -0.3 is 14.3 Å². The third kappa shape index (κ3) is 3.16. The topological polar surface area (TPSA) is 60.1 Å². The molecule has 0 fully saturated rings. The van der Waals surface area contributed by atoms with E-state index in [1.165, 1.54) is 12.1 Å². The van der Waals surface area contributed by atoms with Gasteiger partial charge >= 0.3 is 0 Å². The molecule has 4 rings (SSSR count). The molecule has 2 heterocycles. The van der Waals surface area contributed by atoms with Crippen LogP contribution in [0.5, 0.6) is 0 Å². The predicted octanol–water partition coefficient (Wildman–Crippen LogP) is 4.79. The number of nitrogens with one attached hydrogen (secondary N) is 1. The summed E-state index contributed by atoms with van der Waals surface area (Å²) in [6.07, 6.45) is 3.39. The van der Waals surface area contributed by atoms with E-state index in [4.69, 9.17) is 16.0 Å². The largest absolute Gasteiger partial charge is 0.449 e. The van der Waals surface area contributed by atoms with Crippen molar-refractivity contribution in [2.45, 2.75) is 13.0 Å². The molecule has 0 radical (unpaired) electrons. The van der Waals surface area contributed by atoms with Crippen LogP contribution in [0.4, 0.5) is 4.39 Å². The van der Waals surface area contributed by atoms with Crippen molar-refractivity contribution in [2.24, 2.45) is 7.05 Å². The van der Waals surface area contributed by atoms with Crippen molar-refractivity contribution >= 4 is 28.5 Å². The molecule has 4 aromatic rings. The second kappa shape index (κ2) is 7.13. The number of fused-ring (bicyclic) bond motifs is 1. The van der Waals surface area contributed by atoms with Crippen molar-refractivity contribution in [2.75, 3.05) is 0 Å². The summed E-state index contributed by atoms with van der Waals surface area (Å²) in [5.41, 5.74) is 1.73. The molecule has 7 heteroatoms. The van der Waals surface area contributed by atoms with Crippen LogP contribution in [0.1, 0.15) is 33.5 Å². The Hall–Kier alpha value is -3.12. The predicted molar refractivity (Wildman–Crippen MR) is 105 cm³/mol. The second-order valence-corrected chi connectivity index (χ2v) is 6.94. The Kier molecular flexibility index (Phi) is 4.65. The van der Waals surface area contributed by atoms with E-state index in [1.807, 2.05) is 13.1 Å². The maximum absolute atomic E-state index is 13.8. The average Bonchev–Trinajstić information content (AvgIpc) is 3.24. The lowest BCUT2D eigenvalue weighted by Crippen LogP contribution is -2.31. The quantitative estimate of drug-likeness (QED) is 0.538. The van der Waals surface area contributed by atoms with Gasteiger partial charge in [-0.05, 0) is 30.7 Å². The Morgan fingerprint density at radius 1 is 1.29 bits per heavy atom. The molecule has 0 spiro atoms. The van der Waals surface area contributed by atoms with E-state index in [1.54, 1.807) is 48.1 Å². The summed E-state index contributed by atoms with van der Waals surface area (Å²) >= 11 is 6.19. The number of amides is 1. The minimum atomic E-state index is -0.647. The van der Waals surface area contributed by atoms with Crippen LogP contribution in [0.2, 0.25) is 5.02 Å². The van der Waals surface area contributed by atoms with Crippen LogP contribution >= 0.6 is 11.6 Å². The molecule has 0 aliphatic heterocycles. The van der Waals surface area contributed by atoms with Gasteiger partial charge in [-0.25, -0.2) is 9.37 Å². The van der Waals surface area contributed by atoms with Gasteiger partial charge in [0.15, 0.2) is 11.3 Å². The van der Waals surface area contributed by atoms with Crippen molar-refractivity contribution in [3.8, 4) is 0 Å². The smallest absolute Gasteiger partial charge is 0.288 e. The Balaban J connectivity index is 1.75. The summed E-state index contributed by atoms with van der Waals surface area (Å²) < 4.78 is 21.3. The lowest BCUT2D eigenvalue weighted by atomic mass is 10.1. The van der Waals surface area contributed by atoms with Gasteiger partial charge in [0.2, 0.25) is 0 Å². The van der Waals surface area contributed by atoms with Gasteiger partial charge in [-0.15, -0.1) is 0 Å². The number of furan rings is 1. The van der Waals surface area contributed by atoms with Crippen molar-refractivity contribution in [1.29, 1.82) is 0 Å². The van der Waals surface area contributed by atoms with E-state index < -0.39 is 17.8 Å². The summed E-state index contributed by atoms with van der Waals surface area (Å²) in [5.74, 6) is -0.0795. The third-order valence-electron chi connectivity index (χ3n) is 4.70. The van der Waals surface area contributed by atoms with Crippen LogP contribution < -0.4 is 5.32 Å². The SMILES string of the molecule is Cc1c(C(=O)NC(c2cccc(F)c2)c2nccn2C)oc2c(Cl)cccc12. The number of rotatable bonds is 4. The number of para-hydroxylation sites is 1. The zero-order valence-corrected chi connectivity index (χ0v) is 16.0. The first-order valence-electron chi connectivity index (χ1n) is 8.67. The molecule has 0 bridgehead atoms. The highest BCUT2D eigenvalue weighted by Crippen LogP contribution is 2.31. The maximum Gasteiger partial charge on any atom is 0.288 e. The van der Waals surface area contributed by atoms with E-state index in [2.05, 4.69) is 10.3 Å². The van der Waals surface area contributed by atoms with Crippen LogP contribution in [-0.2, 0) is 7.05 Å². The molecule has 2 aromatic carbocycles. The fraction of sp³-hybridized carbons (Fsp3) is 0.143. The van der Waals surface area contributed by atoms with Crippen LogP contribution in [0.3, 0.4) is 0 Å². The Labute approximate surface area is 165 Å². The molecule has 0 saturated carbocycles. The number of aryl methyl sites for hydroxylation is 2. The molecule has 28 heavy (non-hydrogen) atoms. The third-order valence-corrected chi connectivity index (χ3v) is 4.99. The zero-order valence-electron chi connectivity index (χ0n) is 15.2. The Morgan fingerprint density at radius 3 is 2.75 bits per heavy atom. The number of carbonyl (C=O) groups excluding carboxylic acids is 1. The summed E-state index contributed by atoms with van der Waals surface area (Å²) in [7, 11) is 1.81. The van der Waals surface area contributed by atoms with Gasteiger partial charge in [-0.2, -0.15) is 0 Å². The second-order valence-electron chi connectivity index (χ2n) is 6.53. The molecule has 5 nitrogen and oxygen atoms in total. The fourth-order valence-electron chi connectivity index (χ4n) is 3.26. The van der Waals surface area contributed by atoms with E-state index >= 15 is 0 Å². The van der Waals surface area contributed by atoms with E-state index in [0.29, 0.717) is 27.6 Å². The van der Waals surface area contributed by atoms with Gasteiger partial charge in [-0.3, -0.25) is 4.79 Å². The van der Waals surface area contributed by atoms with Crippen molar-refractivity contribution in [3.05, 3.63) is 88.4 Å². The highest BCUT2D eigenvalue weighted by Gasteiger charge is 2.25. The number of hydrogen-bond acceptors (Lipinski definition) is 3. The van der Waals surface area contributed by atoms with E-state index in [0.717, 1.165) is 5.39 Å². The molecule has 2 aromatic heterocycles. The molecule has 1 unspecified atom stereocenters. The molecule has 1 atom stereocenters. The molecule has 1 amide bonds. The number of imidazole rings is 1. The monoisotopic (exact) mass is 397 g/mol. The van der Waals surface area contributed by atoms with Crippen LogP contribution in [0, 0.1) is 12.7 Å². The van der Waals surface area contributed by atoms with Gasteiger partial charge in [-0.1, -0.05) is 35.9 Å². The Morgan fingerprint density at radius 2 is 2.07 bits per heavy atom. The first-order chi connectivity index (χ1) is 13.5. The average molecular weight is 398 g/mol. The summed E-state index contributed by atoms with van der Waals surface area (Å²) in [4.78, 5) is 17.4. The number of carbonyl (C=O) groups is 1. The van der Waals surface area contributed by atoms with E-state index in [9.17, 15) is 9.18 Å². The number of halogens is 2. The molecular formula is C21H17ClFN3O2. The normalized spacial score (nSPS) is 12.3. The van der Waals surface area contributed by atoms with Crippen LogP contribution in [0.25, 0.3) is 11.0 Å².